The second-order valence-corrected chi connectivity index (χ2v) is 5.30. The van der Waals surface area contributed by atoms with Gasteiger partial charge in [0.1, 0.15) is 6.54 Å². The minimum Gasteiger partial charge on any atom is -0.370 e. The van der Waals surface area contributed by atoms with Crippen molar-refractivity contribution in [3.8, 4) is 0 Å². The number of hydrogen-bond acceptors (Lipinski definition) is 3. The van der Waals surface area contributed by atoms with E-state index in [4.69, 9.17) is 17.3 Å². The number of hydrogen-bond donors (Lipinski definition) is 2. The summed E-state index contributed by atoms with van der Waals surface area (Å²) in [4.78, 5) is 4.00. The van der Waals surface area contributed by atoms with Crippen molar-refractivity contribution in [1.29, 1.82) is 0 Å². The Balaban J connectivity index is 0.00000288. The fraction of sp³-hybridized carbons (Fsp3) is 0.308. The Hall–Kier alpha value is -1.56. The van der Waals surface area contributed by atoms with Gasteiger partial charge in [-0.05, 0) is 13.0 Å². The molecule has 0 aliphatic rings. The number of nitrogens with two attached hydrogens (primary N) is 1. The number of fused-ring (bicyclic) bond motifs is 1. The van der Waals surface area contributed by atoms with Crippen LogP contribution in [0, 0.1) is 0 Å². The van der Waals surface area contributed by atoms with Crippen molar-refractivity contribution in [2.75, 3.05) is 6.54 Å². The van der Waals surface area contributed by atoms with Gasteiger partial charge in [-0.2, -0.15) is 13.2 Å². The number of halogens is 5. The zero-order valence-electron chi connectivity index (χ0n) is 12.6. The minimum atomic E-state index is -4.52. The molecule has 2 aromatic rings. The molecule has 0 saturated heterocycles. The third kappa shape index (κ3) is 4.97. The molecule has 0 atom stereocenters. The lowest BCUT2D eigenvalue weighted by Gasteiger charge is -2.08. The first-order valence-corrected chi connectivity index (χ1v) is 6.85. The number of nitrogens with zero attached hydrogens (tertiary/aromatic N) is 4. The van der Waals surface area contributed by atoms with Crippen molar-refractivity contribution in [2.45, 2.75) is 19.6 Å². The third-order valence-corrected chi connectivity index (χ3v) is 3.10. The SMILES string of the molecule is C=C(C)CNC(N)=NCc1nnc2c(Cl)cc(C(F)(F)F)cn12.I. The Morgan fingerprint density at radius 3 is 2.71 bits per heavy atom. The number of aliphatic imine (C=N–C) groups is 1. The lowest BCUT2D eigenvalue weighted by Crippen LogP contribution is -2.32. The Labute approximate surface area is 158 Å². The molecule has 0 bridgehead atoms. The molecule has 0 saturated carbocycles. The molecule has 0 radical (unpaired) electrons. The highest BCUT2D eigenvalue weighted by Gasteiger charge is 2.32. The molecule has 0 aromatic carbocycles. The van der Waals surface area contributed by atoms with Gasteiger partial charge in [0, 0.05) is 12.7 Å². The van der Waals surface area contributed by atoms with Crippen LogP contribution < -0.4 is 11.1 Å². The lowest BCUT2D eigenvalue weighted by atomic mass is 10.3. The van der Waals surface area contributed by atoms with Crippen molar-refractivity contribution in [3.63, 3.8) is 0 Å². The van der Waals surface area contributed by atoms with Gasteiger partial charge >= 0.3 is 6.18 Å². The van der Waals surface area contributed by atoms with Crippen LogP contribution in [0.2, 0.25) is 5.02 Å². The molecule has 0 aliphatic carbocycles. The number of alkyl halides is 3. The average Bonchev–Trinajstić information content (AvgIpc) is 2.85. The molecule has 11 heteroatoms. The molecule has 132 valence electrons. The molecule has 2 heterocycles. The number of pyridine rings is 1. The van der Waals surface area contributed by atoms with E-state index in [1.165, 1.54) is 0 Å². The first-order chi connectivity index (χ1) is 10.7. The topological polar surface area (TPSA) is 80.6 Å². The smallest absolute Gasteiger partial charge is 0.370 e. The predicted octanol–water partition coefficient (Wildman–Crippen LogP) is 3.00. The fourth-order valence-corrected chi connectivity index (χ4v) is 1.96. The minimum absolute atomic E-state index is 0. The van der Waals surface area contributed by atoms with E-state index in [-0.39, 0.29) is 53.0 Å². The van der Waals surface area contributed by atoms with Crippen LogP contribution in [-0.2, 0) is 12.7 Å². The van der Waals surface area contributed by atoms with E-state index in [0.29, 0.717) is 6.54 Å². The summed E-state index contributed by atoms with van der Waals surface area (Å²) in [6.07, 6.45) is -3.64. The van der Waals surface area contributed by atoms with Gasteiger partial charge in [-0.1, -0.05) is 23.8 Å². The van der Waals surface area contributed by atoms with Crippen LogP contribution in [-0.4, -0.2) is 27.1 Å². The van der Waals surface area contributed by atoms with Gasteiger partial charge in [0.25, 0.3) is 0 Å². The lowest BCUT2D eigenvalue weighted by molar-refractivity contribution is -0.137. The van der Waals surface area contributed by atoms with E-state index in [1.807, 2.05) is 6.92 Å². The molecule has 3 N–H and O–H groups in total. The quantitative estimate of drug-likeness (QED) is 0.309. The van der Waals surface area contributed by atoms with E-state index in [2.05, 4.69) is 27.1 Å². The summed E-state index contributed by atoms with van der Waals surface area (Å²) in [5, 5.41) is 10.2. The van der Waals surface area contributed by atoms with Crippen LogP contribution in [0.25, 0.3) is 5.65 Å². The number of nitrogens with one attached hydrogen (secondary N) is 1. The summed E-state index contributed by atoms with van der Waals surface area (Å²) in [7, 11) is 0. The van der Waals surface area contributed by atoms with Gasteiger partial charge in [0.15, 0.2) is 17.4 Å². The van der Waals surface area contributed by atoms with Crippen molar-refractivity contribution >= 4 is 47.2 Å². The van der Waals surface area contributed by atoms with Crippen LogP contribution in [0.1, 0.15) is 18.3 Å². The van der Waals surface area contributed by atoms with Gasteiger partial charge in [0.2, 0.25) is 0 Å². The fourth-order valence-electron chi connectivity index (χ4n) is 1.72. The van der Waals surface area contributed by atoms with E-state index in [9.17, 15) is 13.2 Å². The van der Waals surface area contributed by atoms with Crippen molar-refractivity contribution in [1.82, 2.24) is 19.9 Å². The normalized spacial score (nSPS) is 12.1. The molecule has 24 heavy (non-hydrogen) atoms. The van der Waals surface area contributed by atoms with E-state index in [0.717, 1.165) is 22.2 Å². The van der Waals surface area contributed by atoms with Gasteiger partial charge in [-0.25, -0.2) is 4.99 Å². The summed E-state index contributed by atoms with van der Waals surface area (Å²) < 4.78 is 39.7. The standard InChI is InChI=1S/C13H14ClF3N6.HI/c1-7(2)4-19-12(18)20-5-10-21-22-11-9(14)3-8(6-23(10)11)13(15,16)17;/h3,6H,1,4-5H2,2H3,(H3,18,19,20);1H. The highest BCUT2D eigenvalue weighted by atomic mass is 127. The van der Waals surface area contributed by atoms with Crippen molar-refractivity contribution < 1.29 is 13.2 Å². The second-order valence-electron chi connectivity index (χ2n) is 4.90. The Bertz CT molecular complexity index is 771. The molecular weight excluding hydrogens is 460 g/mol. The molecule has 0 unspecified atom stereocenters. The highest BCUT2D eigenvalue weighted by molar-refractivity contribution is 14.0. The van der Waals surface area contributed by atoms with Crippen LogP contribution in [0.15, 0.2) is 29.4 Å². The van der Waals surface area contributed by atoms with Gasteiger partial charge in [-0.15, -0.1) is 34.2 Å². The molecule has 0 spiro atoms. The predicted molar refractivity (Wildman–Crippen MR) is 96.6 cm³/mol. The Morgan fingerprint density at radius 1 is 1.46 bits per heavy atom. The zero-order valence-corrected chi connectivity index (χ0v) is 15.6. The van der Waals surface area contributed by atoms with Gasteiger partial charge < -0.3 is 11.1 Å². The van der Waals surface area contributed by atoms with Crippen LogP contribution in [0.3, 0.4) is 0 Å². The molecule has 6 nitrogen and oxygen atoms in total. The van der Waals surface area contributed by atoms with Gasteiger partial charge in [0.05, 0.1) is 10.6 Å². The zero-order chi connectivity index (χ0) is 17.2. The average molecular weight is 475 g/mol. The molecule has 2 aromatic heterocycles. The maximum atomic E-state index is 12.8. The summed E-state index contributed by atoms with van der Waals surface area (Å²) in [6.45, 7) is 5.91. The summed E-state index contributed by atoms with van der Waals surface area (Å²) in [5.74, 6) is 0.316. The molecule has 0 amide bonds. The van der Waals surface area contributed by atoms with Crippen molar-refractivity contribution in [2.24, 2.45) is 10.7 Å². The van der Waals surface area contributed by atoms with E-state index >= 15 is 0 Å². The second kappa shape index (κ2) is 8.01. The molecular formula is C13H15ClF3IN6. The summed E-state index contributed by atoms with van der Waals surface area (Å²) in [5.41, 5.74) is 5.73. The van der Waals surface area contributed by atoms with E-state index in [1.54, 1.807) is 0 Å². The Kier molecular flexibility index (Phi) is 6.84. The van der Waals surface area contributed by atoms with Crippen LogP contribution >= 0.6 is 35.6 Å². The summed E-state index contributed by atoms with van der Waals surface area (Å²) >= 11 is 5.82. The molecule has 2 rings (SSSR count). The molecule has 0 aliphatic heterocycles. The van der Waals surface area contributed by atoms with Crippen LogP contribution in [0.4, 0.5) is 13.2 Å². The summed E-state index contributed by atoms with van der Waals surface area (Å²) in [6, 6.07) is 0.807. The van der Waals surface area contributed by atoms with Gasteiger partial charge in [-0.3, -0.25) is 4.40 Å². The number of guanidine groups is 1. The monoisotopic (exact) mass is 474 g/mol. The third-order valence-electron chi connectivity index (χ3n) is 2.82. The van der Waals surface area contributed by atoms with Crippen molar-refractivity contribution in [3.05, 3.63) is 40.8 Å². The number of aromatic nitrogens is 3. The maximum absolute atomic E-state index is 12.8. The Morgan fingerprint density at radius 2 is 2.12 bits per heavy atom. The largest absolute Gasteiger partial charge is 0.417 e. The number of rotatable bonds is 4. The highest BCUT2D eigenvalue weighted by Crippen LogP contribution is 2.32. The first-order valence-electron chi connectivity index (χ1n) is 6.47. The molecule has 0 fully saturated rings. The first kappa shape index (κ1) is 20.5. The van der Waals surface area contributed by atoms with E-state index < -0.39 is 11.7 Å². The maximum Gasteiger partial charge on any atom is 0.417 e. The van der Waals surface area contributed by atoms with Crippen LogP contribution in [0.5, 0.6) is 0 Å².